The topological polar surface area (TPSA) is 62.2 Å². The van der Waals surface area contributed by atoms with E-state index in [1.54, 1.807) is 13.0 Å². The number of hydrogen-bond donors (Lipinski definition) is 0. The maximum atomic E-state index is 10.8. The first-order valence-corrected chi connectivity index (χ1v) is 5.21. The van der Waals surface area contributed by atoms with Crippen LogP contribution in [0, 0.1) is 0 Å². The van der Waals surface area contributed by atoms with Gasteiger partial charge in [-0.1, -0.05) is 20.8 Å². The fraction of sp³-hybridized carbons (Fsp3) is 0.500. The van der Waals surface area contributed by atoms with E-state index in [0.717, 1.165) is 5.69 Å². The molecule has 0 atom stereocenters. The molecule has 4 nitrogen and oxygen atoms in total. The zero-order valence-electron chi connectivity index (χ0n) is 11.0. The van der Waals surface area contributed by atoms with Crippen molar-refractivity contribution in [3.63, 3.8) is 0 Å². The molecule has 1 heterocycles. The van der Waals surface area contributed by atoms with Crippen LogP contribution < -0.4 is 39.4 Å². The second-order valence-electron chi connectivity index (χ2n) is 4.54. The van der Waals surface area contributed by atoms with Crippen LogP contribution in [0.4, 0.5) is 0 Å². The fourth-order valence-electron chi connectivity index (χ4n) is 1.28. The van der Waals surface area contributed by atoms with Crippen LogP contribution in [0.3, 0.4) is 0 Å². The van der Waals surface area contributed by atoms with E-state index in [1.165, 1.54) is 6.20 Å². The van der Waals surface area contributed by atoms with Crippen molar-refractivity contribution < 1.29 is 44.2 Å². The molecule has 0 amide bonds. The number of carboxylic acids is 1. The van der Waals surface area contributed by atoms with Gasteiger partial charge in [0.15, 0.2) is 0 Å². The zero-order valence-corrected chi connectivity index (χ0v) is 13.0. The van der Waals surface area contributed by atoms with Crippen LogP contribution in [0.1, 0.15) is 43.7 Å². The molecule has 0 fully saturated rings. The third-order valence-electron chi connectivity index (χ3n) is 2.15. The van der Waals surface area contributed by atoms with Crippen molar-refractivity contribution in [3.05, 3.63) is 23.5 Å². The number of carboxylic acid groups (broad SMARTS) is 1. The van der Waals surface area contributed by atoms with Crippen molar-refractivity contribution in [2.24, 2.45) is 0 Å². The average molecular weight is 245 g/mol. The van der Waals surface area contributed by atoms with Gasteiger partial charge in [-0.15, -0.1) is 0 Å². The van der Waals surface area contributed by atoms with E-state index in [9.17, 15) is 9.90 Å². The number of aromatic nitrogens is 1. The van der Waals surface area contributed by atoms with Gasteiger partial charge in [0.1, 0.15) is 5.75 Å². The Bertz CT molecular complexity index is 399. The number of aromatic carboxylic acids is 1. The van der Waals surface area contributed by atoms with Crippen LogP contribution in [-0.2, 0) is 5.41 Å². The van der Waals surface area contributed by atoms with E-state index in [2.05, 4.69) is 4.98 Å². The molecule has 0 aromatic carbocycles. The molecule has 1 rings (SSSR count). The molecule has 0 bridgehead atoms. The van der Waals surface area contributed by atoms with E-state index in [-0.39, 0.29) is 40.5 Å². The second-order valence-corrected chi connectivity index (χ2v) is 4.54. The van der Waals surface area contributed by atoms with Gasteiger partial charge in [-0.05, 0) is 6.92 Å². The fourth-order valence-corrected chi connectivity index (χ4v) is 1.28. The maximum Gasteiger partial charge on any atom is 1.00 e. The van der Waals surface area contributed by atoms with Gasteiger partial charge in [0, 0.05) is 23.4 Å². The van der Waals surface area contributed by atoms with Crippen LogP contribution in [0.2, 0.25) is 0 Å². The van der Waals surface area contributed by atoms with Gasteiger partial charge in [-0.25, -0.2) is 0 Å². The van der Waals surface area contributed by atoms with E-state index in [1.807, 2.05) is 20.8 Å². The Morgan fingerprint density at radius 3 is 2.47 bits per heavy atom. The number of pyridine rings is 1. The molecule has 0 aliphatic heterocycles. The minimum atomic E-state index is -1.27. The van der Waals surface area contributed by atoms with Gasteiger partial charge < -0.3 is 14.6 Å². The van der Waals surface area contributed by atoms with E-state index >= 15 is 0 Å². The molecule has 1 aromatic heterocycles. The van der Waals surface area contributed by atoms with Crippen LogP contribution in [0.5, 0.6) is 5.75 Å². The summed E-state index contributed by atoms with van der Waals surface area (Å²) in [6.45, 7) is 8.22. The smallest absolute Gasteiger partial charge is 0.545 e. The summed E-state index contributed by atoms with van der Waals surface area (Å²) in [6, 6.07) is 1.66. The van der Waals surface area contributed by atoms with Crippen molar-refractivity contribution in [2.45, 2.75) is 33.1 Å². The molecule has 0 aliphatic carbocycles. The molecular weight excluding hydrogens is 229 g/mol. The molecule has 0 saturated carbocycles. The molecule has 17 heavy (non-hydrogen) atoms. The first-order valence-electron chi connectivity index (χ1n) is 5.21. The van der Waals surface area contributed by atoms with Crippen LogP contribution >= 0.6 is 0 Å². The molecular formula is C12H16NNaO3. The molecule has 0 spiro atoms. The van der Waals surface area contributed by atoms with Crippen molar-refractivity contribution >= 4 is 5.97 Å². The van der Waals surface area contributed by atoms with Crippen LogP contribution in [-0.4, -0.2) is 17.6 Å². The molecule has 0 unspecified atom stereocenters. The number of nitrogens with zero attached hydrogens (tertiary/aromatic N) is 1. The molecule has 88 valence electrons. The molecule has 5 heteroatoms. The number of carbonyl (C=O) groups excluding carboxylic acids is 1. The molecule has 1 aromatic rings. The van der Waals surface area contributed by atoms with Crippen molar-refractivity contribution in [1.82, 2.24) is 4.98 Å². The summed E-state index contributed by atoms with van der Waals surface area (Å²) in [6.07, 6.45) is 1.29. The Kier molecular flexibility index (Phi) is 6.16. The predicted octanol–water partition coefficient (Wildman–Crippen LogP) is -1.85. The first-order chi connectivity index (χ1) is 7.36. The third kappa shape index (κ3) is 4.30. The first kappa shape index (κ1) is 16.4. The van der Waals surface area contributed by atoms with Gasteiger partial charge in [-0.2, -0.15) is 0 Å². The Hall–Kier alpha value is -0.580. The summed E-state index contributed by atoms with van der Waals surface area (Å²) in [7, 11) is 0. The number of rotatable bonds is 3. The van der Waals surface area contributed by atoms with Crippen molar-refractivity contribution in [1.29, 1.82) is 0 Å². The standard InChI is InChI=1S/C12H17NO3.Na/c1-5-16-9-6-10(12(2,3)4)13-7-8(9)11(14)15;/h6-7H,5H2,1-4H3,(H,14,15);/q;+1/p-1. The van der Waals surface area contributed by atoms with E-state index < -0.39 is 5.97 Å². The van der Waals surface area contributed by atoms with Crippen LogP contribution in [0.25, 0.3) is 0 Å². The normalized spacial score (nSPS) is 10.6. The van der Waals surface area contributed by atoms with Crippen molar-refractivity contribution in [3.8, 4) is 5.75 Å². The average Bonchev–Trinajstić information content (AvgIpc) is 2.16. The predicted molar refractivity (Wildman–Crippen MR) is 58.4 cm³/mol. The summed E-state index contributed by atoms with van der Waals surface area (Å²) in [5.41, 5.74) is 0.645. The maximum absolute atomic E-state index is 10.8. The molecule has 0 N–H and O–H groups in total. The second kappa shape index (κ2) is 6.38. The zero-order chi connectivity index (χ0) is 12.3. The summed E-state index contributed by atoms with van der Waals surface area (Å²) >= 11 is 0. The van der Waals surface area contributed by atoms with Gasteiger partial charge >= 0.3 is 29.6 Å². The Morgan fingerprint density at radius 2 is 2.06 bits per heavy atom. The largest absolute Gasteiger partial charge is 1.00 e. The summed E-state index contributed by atoms with van der Waals surface area (Å²) in [5, 5.41) is 10.8. The number of hydrogen-bond acceptors (Lipinski definition) is 4. The number of carbonyl (C=O) groups is 1. The monoisotopic (exact) mass is 245 g/mol. The Morgan fingerprint density at radius 1 is 1.47 bits per heavy atom. The third-order valence-corrected chi connectivity index (χ3v) is 2.15. The summed E-state index contributed by atoms with van der Waals surface area (Å²) in [4.78, 5) is 14.9. The summed E-state index contributed by atoms with van der Waals surface area (Å²) < 4.78 is 5.27. The SMILES string of the molecule is CCOc1cc(C(C)(C)C)ncc1C(=O)[O-].[Na+]. The quantitative estimate of drug-likeness (QED) is 0.586. The Balaban J connectivity index is 0.00000256. The van der Waals surface area contributed by atoms with Gasteiger partial charge in [-0.3, -0.25) is 4.98 Å². The van der Waals surface area contributed by atoms with E-state index in [4.69, 9.17) is 4.74 Å². The van der Waals surface area contributed by atoms with Gasteiger partial charge in [0.05, 0.1) is 18.1 Å². The van der Waals surface area contributed by atoms with Gasteiger partial charge in [0.2, 0.25) is 0 Å². The van der Waals surface area contributed by atoms with E-state index in [0.29, 0.717) is 12.4 Å². The summed E-state index contributed by atoms with van der Waals surface area (Å²) in [5.74, 6) is -0.946. The minimum Gasteiger partial charge on any atom is -0.545 e. The minimum absolute atomic E-state index is 0. The molecule has 0 radical (unpaired) electrons. The van der Waals surface area contributed by atoms with Crippen LogP contribution in [0.15, 0.2) is 12.3 Å². The molecule has 0 aliphatic rings. The van der Waals surface area contributed by atoms with Crippen molar-refractivity contribution in [2.75, 3.05) is 6.61 Å². The number of ether oxygens (including phenoxy) is 1. The molecule has 0 saturated heterocycles. The van der Waals surface area contributed by atoms with Gasteiger partial charge in [0.25, 0.3) is 0 Å². The Labute approximate surface area is 124 Å².